The molecule has 4 aromatic carbocycles. The minimum atomic E-state index is -0.363. The highest BCUT2D eigenvalue weighted by Crippen LogP contribution is 2.42. The van der Waals surface area contributed by atoms with Crippen molar-refractivity contribution in [1.29, 1.82) is 0 Å². The van der Waals surface area contributed by atoms with Crippen molar-refractivity contribution in [2.75, 3.05) is 7.11 Å². The predicted molar refractivity (Wildman–Crippen MR) is 170 cm³/mol. The molecule has 210 valence electrons. The van der Waals surface area contributed by atoms with Crippen molar-refractivity contribution in [3.05, 3.63) is 120 Å². The molecule has 7 nitrogen and oxygen atoms in total. The largest absolute Gasteiger partial charge is 0.493 e. The molecule has 0 saturated carbocycles. The van der Waals surface area contributed by atoms with Gasteiger partial charge < -0.3 is 13.9 Å². The van der Waals surface area contributed by atoms with E-state index < -0.39 is 0 Å². The Hall–Kier alpha value is -4.11. The van der Waals surface area contributed by atoms with Gasteiger partial charge in [0.2, 0.25) is 5.82 Å². The molecule has 6 aromatic rings. The van der Waals surface area contributed by atoms with Crippen LogP contribution < -0.4 is 15.0 Å². The third kappa shape index (κ3) is 5.41. The van der Waals surface area contributed by atoms with Crippen LogP contribution in [0, 0.1) is 6.92 Å². The summed E-state index contributed by atoms with van der Waals surface area (Å²) in [6.45, 7) is 2.33. The summed E-state index contributed by atoms with van der Waals surface area (Å²) >= 11 is 16.5. The summed E-state index contributed by atoms with van der Waals surface area (Å²) in [5.74, 6) is 1.39. The number of hydrogen-bond donors (Lipinski definition) is 0. The van der Waals surface area contributed by atoms with Crippen LogP contribution in [0.3, 0.4) is 0 Å². The van der Waals surface area contributed by atoms with E-state index in [4.69, 9.17) is 42.1 Å². The van der Waals surface area contributed by atoms with Gasteiger partial charge in [0.15, 0.2) is 17.3 Å². The maximum atomic E-state index is 13.6. The topological polar surface area (TPSA) is 78.9 Å². The maximum absolute atomic E-state index is 13.6. The standard InChI is InChI=1S/C32H22BrCl2N3O4/c1-18-7-9-19(10-8-18)17-41-30-26(40-2)15-21(28(33)29(30)35)16-36-38-31(37-24-6-4-3-5-23(24)32(38)39)27-14-20-13-22(34)11-12-25(20)42-27/h3-16H,17H2,1-2H3. The van der Waals surface area contributed by atoms with Crippen LogP contribution in [0.2, 0.25) is 10.0 Å². The highest BCUT2D eigenvalue weighted by molar-refractivity contribution is 9.10. The second-order valence-corrected chi connectivity index (χ2v) is 11.1. The zero-order valence-corrected chi connectivity index (χ0v) is 25.5. The third-order valence-corrected chi connectivity index (χ3v) is 8.32. The van der Waals surface area contributed by atoms with Crippen LogP contribution in [-0.2, 0) is 6.61 Å². The molecular weight excluding hydrogens is 641 g/mol. The Morgan fingerprint density at radius 3 is 2.62 bits per heavy atom. The molecule has 0 N–H and O–H groups in total. The molecule has 6 rings (SSSR count). The van der Waals surface area contributed by atoms with Crippen LogP contribution in [0.15, 0.2) is 97.6 Å². The van der Waals surface area contributed by atoms with Crippen LogP contribution in [0.4, 0.5) is 0 Å². The lowest BCUT2D eigenvalue weighted by molar-refractivity contribution is 0.284. The summed E-state index contributed by atoms with van der Waals surface area (Å²) in [6.07, 6.45) is 1.50. The molecule has 0 aliphatic rings. The molecule has 0 fully saturated rings. The monoisotopic (exact) mass is 661 g/mol. The number of fused-ring (bicyclic) bond motifs is 2. The first-order chi connectivity index (χ1) is 20.3. The van der Waals surface area contributed by atoms with Gasteiger partial charge in [0.05, 0.1) is 24.2 Å². The van der Waals surface area contributed by atoms with Gasteiger partial charge >= 0.3 is 0 Å². The van der Waals surface area contributed by atoms with Gasteiger partial charge in [-0.15, -0.1) is 0 Å². The minimum Gasteiger partial charge on any atom is -0.493 e. The molecule has 0 spiro atoms. The molecule has 0 unspecified atom stereocenters. The van der Waals surface area contributed by atoms with Crippen molar-refractivity contribution in [3.63, 3.8) is 0 Å². The summed E-state index contributed by atoms with van der Waals surface area (Å²) in [5.41, 5.74) is 3.47. The molecule has 0 radical (unpaired) electrons. The first-order valence-corrected chi connectivity index (χ1v) is 14.4. The number of aromatic nitrogens is 2. The molecule has 0 aliphatic heterocycles. The SMILES string of the molecule is COc1cc(C=Nn2c(-c3cc4cc(Cl)ccc4o3)nc3ccccc3c2=O)c(Br)c(Cl)c1OCc1ccc(C)cc1. The first-order valence-electron chi connectivity index (χ1n) is 12.8. The van der Waals surface area contributed by atoms with E-state index in [-0.39, 0.29) is 11.4 Å². The smallest absolute Gasteiger partial charge is 0.282 e. The third-order valence-electron chi connectivity index (χ3n) is 6.64. The Morgan fingerprint density at radius 1 is 1.05 bits per heavy atom. The minimum absolute atomic E-state index is 0.231. The second-order valence-electron chi connectivity index (χ2n) is 9.51. The molecular formula is C32H22BrCl2N3O4. The van der Waals surface area contributed by atoms with E-state index >= 15 is 0 Å². The van der Waals surface area contributed by atoms with Gasteiger partial charge in [-0.05, 0) is 70.9 Å². The van der Waals surface area contributed by atoms with Crippen molar-refractivity contribution in [3.8, 4) is 23.1 Å². The van der Waals surface area contributed by atoms with Crippen LogP contribution in [0.1, 0.15) is 16.7 Å². The Balaban J connectivity index is 1.42. The fourth-order valence-corrected chi connectivity index (χ4v) is 5.29. The van der Waals surface area contributed by atoms with E-state index in [1.807, 2.05) is 37.3 Å². The van der Waals surface area contributed by atoms with Crippen LogP contribution >= 0.6 is 39.1 Å². The van der Waals surface area contributed by atoms with Gasteiger partial charge in [-0.3, -0.25) is 4.79 Å². The summed E-state index contributed by atoms with van der Waals surface area (Å²) in [7, 11) is 1.53. The highest BCUT2D eigenvalue weighted by atomic mass is 79.9. The van der Waals surface area contributed by atoms with Crippen LogP contribution in [-0.4, -0.2) is 23.0 Å². The van der Waals surface area contributed by atoms with E-state index in [0.29, 0.717) is 60.4 Å². The number of methoxy groups -OCH3 is 1. The Morgan fingerprint density at radius 2 is 1.83 bits per heavy atom. The van der Waals surface area contributed by atoms with Gasteiger partial charge in [-0.25, -0.2) is 4.98 Å². The van der Waals surface area contributed by atoms with Crippen molar-refractivity contribution < 1.29 is 13.9 Å². The molecule has 2 aromatic heterocycles. The summed E-state index contributed by atoms with van der Waals surface area (Å²) in [4.78, 5) is 18.4. The molecule has 0 aliphatic carbocycles. The van der Waals surface area contributed by atoms with E-state index in [0.717, 1.165) is 16.5 Å². The zero-order valence-electron chi connectivity index (χ0n) is 22.4. The van der Waals surface area contributed by atoms with Gasteiger partial charge in [-0.2, -0.15) is 9.78 Å². The number of para-hydroxylation sites is 1. The fraction of sp³-hybridized carbons (Fsp3) is 0.0938. The lowest BCUT2D eigenvalue weighted by Crippen LogP contribution is -2.20. The number of hydrogen-bond acceptors (Lipinski definition) is 6. The predicted octanol–water partition coefficient (Wildman–Crippen LogP) is 8.66. The van der Waals surface area contributed by atoms with Crippen molar-refractivity contribution >= 4 is 67.2 Å². The van der Waals surface area contributed by atoms with E-state index in [1.54, 1.807) is 48.5 Å². The Bertz CT molecular complexity index is 2050. The normalized spacial score (nSPS) is 11.5. The van der Waals surface area contributed by atoms with Crippen molar-refractivity contribution in [2.45, 2.75) is 13.5 Å². The van der Waals surface area contributed by atoms with Gasteiger partial charge in [0, 0.05) is 20.4 Å². The maximum Gasteiger partial charge on any atom is 0.282 e. The van der Waals surface area contributed by atoms with E-state index in [2.05, 4.69) is 21.0 Å². The number of nitrogens with zero attached hydrogens (tertiary/aromatic N) is 3. The number of ether oxygens (including phenoxy) is 2. The second kappa shape index (κ2) is 11.6. The van der Waals surface area contributed by atoms with Crippen LogP contribution in [0.25, 0.3) is 33.5 Å². The molecule has 2 heterocycles. The van der Waals surface area contributed by atoms with E-state index in [1.165, 1.54) is 18.0 Å². The van der Waals surface area contributed by atoms with Gasteiger partial charge in [0.25, 0.3) is 5.56 Å². The lowest BCUT2D eigenvalue weighted by atomic mass is 10.1. The Labute approximate surface area is 259 Å². The average Bonchev–Trinajstić information content (AvgIpc) is 3.42. The number of furan rings is 1. The highest BCUT2D eigenvalue weighted by Gasteiger charge is 2.19. The average molecular weight is 663 g/mol. The van der Waals surface area contributed by atoms with Gasteiger partial charge in [-0.1, -0.05) is 65.2 Å². The van der Waals surface area contributed by atoms with Crippen molar-refractivity contribution in [1.82, 2.24) is 9.66 Å². The Kier molecular flexibility index (Phi) is 7.77. The quantitative estimate of drug-likeness (QED) is 0.160. The van der Waals surface area contributed by atoms with Gasteiger partial charge in [0.1, 0.15) is 17.2 Å². The van der Waals surface area contributed by atoms with Crippen molar-refractivity contribution in [2.24, 2.45) is 5.10 Å². The van der Waals surface area contributed by atoms with Crippen LogP contribution in [0.5, 0.6) is 11.5 Å². The fourth-order valence-electron chi connectivity index (χ4n) is 4.46. The summed E-state index contributed by atoms with van der Waals surface area (Å²) < 4.78 is 19.4. The number of aryl methyl sites for hydroxylation is 1. The number of benzene rings is 4. The summed E-state index contributed by atoms with van der Waals surface area (Å²) in [5, 5.41) is 6.60. The number of halogens is 3. The molecule has 42 heavy (non-hydrogen) atoms. The number of rotatable bonds is 7. The molecule has 0 atom stereocenters. The lowest BCUT2D eigenvalue weighted by Gasteiger charge is -2.15. The summed E-state index contributed by atoms with van der Waals surface area (Å²) in [6, 6.07) is 23.9. The molecule has 10 heteroatoms. The molecule has 0 amide bonds. The van der Waals surface area contributed by atoms with E-state index in [9.17, 15) is 4.79 Å². The molecule has 0 saturated heterocycles. The zero-order chi connectivity index (χ0) is 29.4. The molecule has 0 bridgehead atoms. The first kappa shape index (κ1) is 28.0.